The predicted molar refractivity (Wildman–Crippen MR) is 137 cm³/mol. The van der Waals surface area contributed by atoms with Crippen molar-refractivity contribution in [2.45, 2.75) is 6.04 Å². The topological polar surface area (TPSA) is 75.2 Å². The summed E-state index contributed by atoms with van der Waals surface area (Å²) >= 11 is 12.3. The normalized spacial score (nSPS) is 15.1. The molecule has 7 nitrogen and oxygen atoms in total. The van der Waals surface area contributed by atoms with Gasteiger partial charge in [-0.2, -0.15) is 0 Å². The van der Waals surface area contributed by atoms with Crippen molar-refractivity contribution in [2.75, 3.05) is 44.8 Å². The predicted octanol–water partition coefficient (Wildman–Crippen LogP) is 4.34. The summed E-state index contributed by atoms with van der Waals surface area (Å²) in [5, 5.41) is 5.10. The molecule has 1 unspecified atom stereocenters. The number of aromatic amines is 1. The molecule has 1 atom stereocenters. The van der Waals surface area contributed by atoms with E-state index in [1.54, 1.807) is 16.7 Å². The molecule has 176 valence electrons. The lowest BCUT2D eigenvalue weighted by Gasteiger charge is -2.28. The molecule has 2 N–H and O–H groups in total. The number of halogens is 2. The van der Waals surface area contributed by atoms with Crippen LogP contribution in [0.15, 0.2) is 59.8 Å². The summed E-state index contributed by atoms with van der Waals surface area (Å²) in [6, 6.07) is 11.0. The molecular formula is C25H25Cl2N5O2. The summed E-state index contributed by atoms with van der Waals surface area (Å²) in [6.45, 7) is 3.66. The Hall–Kier alpha value is -2.84. The van der Waals surface area contributed by atoms with E-state index in [0.29, 0.717) is 29.8 Å². The fraction of sp³-hybridized carbons (Fsp3) is 0.280. The summed E-state index contributed by atoms with van der Waals surface area (Å²) < 4.78 is 7.18. The standard InChI is InChI=1S/C25H25Cl2N5O2/c1-28-15-23(17-2-3-21(26)22(27)10-17)32-5-4-16(11-24(32)33)20-14-30-25-19(20)12-18(13-29-25)31-6-8-34-9-7-31/h2-5,10-14,23,28H,6-9,15H2,1H3,(H,29,30). The molecule has 4 heterocycles. The van der Waals surface area contributed by atoms with E-state index in [1.165, 1.54) is 0 Å². The number of aromatic nitrogens is 3. The zero-order chi connectivity index (χ0) is 23.7. The Bertz CT molecular complexity index is 1380. The van der Waals surface area contributed by atoms with Gasteiger partial charge in [-0.1, -0.05) is 29.3 Å². The third-order valence-electron chi connectivity index (χ3n) is 6.21. The van der Waals surface area contributed by atoms with E-state index in [0.717, 1.165) is 46.5 Å². The quantitative estimate of drug-likeness (QED) is 0.414. The number of anilines is 1. The molecule has 1 aliphatic heterocycles. The first-order valence-corrected chi connectivity index (χ1v) is 11.9. The van der Waals surface area contributed by atoms with Gasteiger partial charge in [0.25, 0.3) is 5.56 Å². The van der Waals surface area contributed by atoms with Gasteiger partial charge in [-0.3, -0.25) is 4.79 Å². The van der Waals surface area contributed by atoms with E-state index in [1.807, 2.05) is 43.8 Å². The Balaban J connectivity index is 1.51. The SMILES string of the molecule is CNCC(c1ccc(Cl)c(Cl)c1)n1ccc(-c2c[nH]c3ncc(N4CCOCC4)cc23)cc1=O. The molecule has 5 rings (SSSR count). The number of benzene rings is 1. The fourth-order valence-electron chi connectivity index (χ4n) is 4.43. The molecule has 1 saturated heterocycles. The zero-order valence-corrected chi connectivity index (χ0v) is 20.2. The average Bonchev–Trinajstić information content (AvgIpc) is 3.28. The number of nitrogens with one attached hydrogen (secondary N) is 2. The van der Waals surface area contributed by atoms with E-state index in [-0.39, 0.29) is 11.6 Å². The van der Waals surface area contributed by atoms with Crippen LogP contribution in [0.5, 0.6) is 0 Å². The molecule has 0 spiro atoms. The van der Waals surface area contributed by atoms with Crippen molar-refractivity contribution in [1.29, 1.82) is 0 Å². The zero-order valence-electron chi connectivity index (χ0n) is 18.7. The molecule has 1 fully saturated rings. The highest BCUT2D eigenvalue weighted by atomic mass is 35.5. The molecule has 4 aromatic rings. The van der Waals surface area contributed by atoms with Gasteiger partial charge < -0.3 is 24.5 Å². The number of nitrogens with zero attached hydrogens (tertiary/aromatic N) is 3. The van der Waals surface area contributed by atoms with Crippen molar-refractivity contribution in [3.63, 3.8) is 0 Å². The van der Waals surface area contributed by atoms with Gasteiger partial charge in [-0.15, -0.1) is 0 Å². The van der Waals surface area contributed by atoms with E-state index >= 15 is 0 Å². The number of H-pyrrole nitrogens is 1. The lowest BCUT2D eigenvalue weighted by molar-refractivity contribution is 0.122. The first-order chi connectivity index (χ1) is 16.5. The molecule has 0 aliphatic carbocycles. The van der Waals surface area contributed by atoms with Crippen LogP contribution in [0.3, 0.4) is 0 Å². The van der Waals surface area contributed by atoms with Crippen LogP contribution in [0, 0.1) is 0 Å². The number of hydrogen-bond acceptors (Lipinski definition) is 5. The fourth-order valence-corrected chi connectivity index (χ4v) is 4.74. The van der Waals surface area contributed by atoms with Crippen LogP contribution in [0.1, 0.15) is 11.6 Å². The van der Waals surface area contributed by atoms with Gasteiger partial charge in [0, 0.05) is 49.0 Å². The van der Waals surface area contributed by atoms with Gasteiger partial charge in [0.05, 0.1) is 41.2 Å². The average molecular weight is 498 g/mol. The molecule has 34 heavy (non-hydrogen) atoms. The summed E-state index contributed by atoms with van der Waals surface area (Å²) in [6.07, 6.45) is 5.62. The van der Waals surface area contributed by atoms with Crippen molar-refractivity contribution >= 4 is 39.9 Å². The summed E-state index contributed by atoms with van der Waals surface area (Å²) in [5.41, 5.74) is 4.44. The number of pyridine rings is 2. The molecule has 1 aliphatic rings. The highest BCUT2D eigenvalue weighted by Gasteiger charge is 2.18. The minimum absolute atomic E-state index is 0.101. The largest absolute Gasteiger partial charge is 0.378 e. The third-order valence-corrected chi connectivity index (χ3v) is 6.95. The van der Waals surface area contributed by atoms with Crippen LogP contribution >= 0.6 is 23.2 Å². The highest BCUT2D eigenvalue weighted by molar-refractivity contribution is 6.42. The minimum Gasteiger partial charge on any atom is -0.378 e. The number of hydrogen-bond donors (Lipinski definition) is 2. The van der Waals surface area contributed by atoms with Crippen molar-refractivity contribution in [3.8, 4) is 11.1 Å². The van der Waals surface area contributed by atoms with Gasteiger partial charge in [-0.25, -0.2) is 4.98 Å². The second-order valence-electron chi connectivity index (χ2n) is 8.30. The summed E-state index contributed by atoms with van der Waals surface area (Å²) in [4.78, 5) is 23.4. The van der Waals surface area contributed by atoms with E-state index < -0.39 is 0 Å². The van der Waals surface area contributed by atoms with Crippen molar-refractivity contribution in [2.24, 2.45) is 0 Å². The molecule has 0 bridgehead atoms. The molecular weight excluding hydrogens is 473 g/mol. The molecule has 3 aromatic heterocycles. The molecule has 9 heteroatoms. The smallest absolute Gasteiger partial charge is 0.251 e. The summed E-state index contributed by atoms with van der Waals surface area (Å²) in [7, 11) is 1.86. The maximum atomic E-state index is 13.3. The van der Waals surface area contributed by atoms with Crippen LogP contribution in [0.2, 0.25) is 10.0 Å². The van der Waals surface area contributed by atoms with Gasteiger partial charge >= 0.3 is 0 Å². The second kappa shape index (κ2) is 9.80. The first-order valence-electron chi connectivity index (χ1n) is 11.2. The molecule has 1 aromatic carbocycles. The third kappa shape index (κ3) is 4.44. The van der Waals surface area contributed by atoms with Crippen molar-refractivity contribution < 1.29 is 4.74 Å². The molecule has 0 radical (unpaired) electrons. The van der Waals surface area contributed by atoms with Gasteiger partial charge in [0.2, 0.25) is 0 Å². The number of rotatable bonds is 6. The van der Waals surface area contributed by atoms with Crippen LogP contribution < -0.4 is 15.8 Å². The lowest BCUT2D eigenvalue weighted by Crippen LogP contribution is -2.36. The van der Waals surface area contributed by atoms with Gasteiger partial charge in [0.15, 0.2) is 0 Å². The second-order valence-corrected chi connectivity index (χ2v) is 9.11. The highest BCUT2D eigenvalue weighted by Crippen LogP contribution is 2.31. The Morgan fingerprint density at radius 2 is 1.97 bits per heavy atom. The van der Waals surface area contributed by atoms with E-state index in [4.69, 9.17) is 27.9 Å². The number of likely N-dealkylation sites (N-methyl/N-ethyl adjacent to an activating group) is 1. The Labute approximate surface area is 207 Å². The van der Waals surface area contributed by atoms with Crippen LogP contribution in [-0.4, -0.2) is 54.4 Å². The Morgan fingerprint density at radius 3 is 2.71 bits per heavy atom. The van der Waals surface area contributed by atoms with Crippen LogP contribution in [0.25, 0.3) is 22.2 Å². The van der Waals surface area contributed by atoms with Crippen molar-refractivity contribution in [1.82, 2.24) is 19.9 Å². The van der Waals surface area contributed by atoms with Gasteiger partial charge in [-0.05, 0) is 42.4 Å². The maximum Gasteiger partial charge on any atom is 0.251 e. The monoisotopic (exact) mass is 497 g/mol. The van der Waals surface area contributed by atoms with Gasteiger partial charge in [0.1, 0.15) is 5.65 Å². The Morgan fingerprint density at radius 1 is 1.15 bits per heavy atom. The van der Waals surface area contributed by atoms with Crippen molar-refractivity contribution in [3.05, 3.63) is 81.0 Å². The van der Waals surface area contributed by atoms with Crippen LogP contribution in [0.4, 0.5) is 5.69 Å². The number of fused-ring (bicyclic) bond motifs is 1. The van der Waals surface area contributed by atoms with E-state index in [2.05, 4.69) is 26.3 Å². The number of ether oxygens (including phenoxy) is 1. The maximum absolute atomic E-state index is 13.3. The lowest BCUT2D eigenvalue weighted by atomic mass is 10.0. The van der Waals surface area contributed by atoms with E-state index in [9.17, 15) is 4.79 Å². The molecule has 0 saturated carbocycles. The molecule has 0 amide bonds. The number of morpholine rings is 1. The summed E-state index contributed by atoms with van der Waals surface area (Å²) in [5.74, 6) is 0. The Kier molecular flexibility index (Phi) is 6.61. The first kappa shape index (κ1) is 22.9. The minimum atomic E-state index is -0.223. The van der Waals surface area contributed by atoms with Crippen LogP contribution in [-0.2, 0) is 4.74 Å².